The third-order valence-electron chi connectivity index (χ3n) is 4.55. The maximum Gasteiger partial charge on any atom is 0.302 e. The number of nitrogens with one attached hydrogen (secondary N) is 1. The van der Waals surface area contributed by atoms with Crippen molar-refractivity contribution in [3.8, 4) is 0 Å². The number of rotatable bonds is 3. The molecule has 0 unspecified atom stereocenters. The summed E-state index contributed by atoms with van der Waals surface area (Å²) in [5.41, 5.74) is 2.40. The van der Waals surface area contributed by atoms with Crippen molar-refractivity contribution in [2.45, 2.75) is 33.7 Å². The molecule has 0 saturated heterocycles. The summed E-state index contributed by atoms with van der Waals surface area (Å²) in [7, 11) is 0. The Bertz CT molecular complexity index is 1240. The average Bonchev–Trinajstić information content (AvgIpc) is 3.18. The second kappa shape index (κ2) is 6.12. The van der Waals surface area contributed by atoms with Crippen molar-refractivity contribution < 1.29 is 13.6 Å². The molecule has 4 rings (SSSR count). The maximum absolute atomic E-state index is 12.7. The first kappa shape index (κ1) is 17.1. The lowest BCUT2D eigenvalue weighted by atomic mass is 10.2. The number of benzene rings is 1. The minimum Gasteiger partial charge on any atom is -0.425 e. The molecular weight excluding hydrogens is 346 g/mol. The molecule has 0 bridgehead atoms. The van der Waals surface area contributed by atoms with Gasteiger partial charge < -0.3 is 14.2 Å². The van der Waals surface area contributed by atoms with Crippen molar-refractivity contribution in [1.29, 1.82) is 0 Å². The zero-order valence-corrected chi connectivity index (χ0v) is 15.5. The van der Waals surface area contributed by atoms with E-state index in [9.17, 15) is 9.59 Å². The molecule has 3 aromatic heterocycles. The summed E-state index contributed by atoms with van der Waals surface area (Å²) in [5, 5.41) is 7.97. The van der Waals surface area contributed by atoms with Gasteiger partial charge in [0.05, 0.1) is 22.5 Å². The number of furan rings is 1. The number of nitrogens with zero attached hydrogens (tertiary/aromatic N) is 2. The molecule has 3 heterocycles. The number of fused-ring (bicyclic) bond motifs is 2. The van der Waals surface area contributed by atoms with E-state index >= 15 is 0 Å². The molecule has 0 spiro atoms. The number of anilines is 1. The number of para-hydroxylation sites is 1. The van der Waals surface area contributed by atoms with Crippen molar-refractivity contribution >= 4 is 33.7 Å². The Kier molecular flexibility index (Phi) is 3.87. The highest BCUT2D eigenvalue weighted by atomic mass is 16.5. The molecule has 1 N–H and O–H groups in total. The molecular formula is C20H19N3O4. The molecule has 0 aliphatic heterocycles. The van der Waals surface area contributed by atoms with Crippen LogP contribution >= 0.6 is 0 Å². The molecule has 0 aliphatic carbocycles. The molecule has 138 valence electrons. The van der Waals surface area contributed by atoms with Crippen molar-refractivity contribution in [2.24, 2.45) is 0 Å². The van der Waals surface area contributed by atoms with E-state index in [1.54, 1.807) is 24.3 Å². The summed E-state index contributed by atoms with van der Waals surface area (Å²) in [5.74, 6) is -0.410. The Morgan fingerprint density at radius 3 is 2.59 bits per heavy atom. The van der Waals surface area contributed by atoms with Gasteiger partial charge in [-0.15, -0.1) is 0 Å². The van der Waals surface area contributed by atoms with Crippen LogP contribution in [-0.4, -0.2) is 15.7 Å². The topological polar surface area (TPSA) is 90.3 Å². The average molecular weight is 365 g/mol. The third kappa shape index (κ3) is 2.71. The van der Waals surface area contributed by atoms with Gasteiger partial charge in [-0.3, -0.25) is 14.3 Å². The fraction of sp³-hybridized carbons (Fsp3) is 0.250. The van der Waals surface area contributed by atoms with Crippen molar-refractivity contribution in [3.05, 3.63) is 57.7 Å². The highest BCUT2D eigenvalue weighted by molar-refractivity contribution is 6.05. The summed E-state index contributed by atoms with van der Waals surface area (Å²) in [4.78, 5) is 25.3. The number of aryl methyl sites for hydroxylation is 1. The molecule has 0 fully saturated rings. The van der Waals surface area contributed by atoms with Crippen molar-refractivity contribution in [2.75, 3.05) is 5.32 Å². The molecule has 1 amide bonds. The van der Waals surface area contributed by atoms with Crippen LogP contribution in [0.15, 0.2) is 44.0 Å². The van der Waals surface area contributed by atoms with E-state index in [4.69, 9.17) is 8.83 Å². The number of amides is 1. The van der Waals surface area contributed by atoms with Crippen LogP contribution in [0.25, 0.3) is 22.1 Å². The number of carbonyl (C=O) groups is 1. The normalized spacial score (nSPS) is 11.6. The van der Waals surface area contributed by atoms with E-state index < -0.39 is 5.91 Å². The Hall–Kier alpha value is -3.35. The van der Waals surface area contributed by atoms with Crippen LogP contribution < -0.4 is 10.7 Å². The standard InChI is InChI=1S/C20H19N3O4/c1-10(2)23-12(4)17(11(3)22-23)21-19(25)16-9-14-18(24)13-7-5-6-8-15(13)26-20(14)27-16/h5-10H,1-4H3,(H,21,25). The van der Waals surface area contributed by atoms with Crippen LogP contribution in [0.5, 0.6) is 0 Å². The highest BCUT2D eigenvalue weighted by Gasteiger charge is 2.21. The van der Waals surface area contributed by atoms with Crippen LogP contribution in [0.3, 0.4) is 0 Å². The van der Waals surface area contributed by atoms with Crippen LogP contribution in [0.4, 0.5) is 5.69 Å². The van der Waals surface area contributed by atoms with Crippen LogP contribution in [-0.2, 0) is 0 Å². The minimum atomic E-state index is -0.459. The summed E-state index contributed by atoms with van der Waals surface area (Å²) in [6, 6.07) is 8.49. The minimum absolute atomic E-state index is 0.0113. The molecule has 1 aromatic carbocycles. The van der Waals surface area contributed by atoms with Gasteiger partial charge in [0.1, 0.15) is 11.0 Å². The Morgan fingerprint density at radius 1 is 1.15 bits per heavy atom. The number of aromatic nitrogens is 2. The van der Waals surface area contributed by atoms with Gasteiger partial charge in [0.25, 0.3) is 5.91 Å². The zero-order valence-electron chi connectivity index (χ0n) is 15.5. The predicted molar refractivity (Wildman–Crippen MR) is 102 cm³/mol. The maximum atomic E-state index is 12.7. The largest absolute Gasteiger partial charge is 0.425 e. The first-order chi connectivity index (χ1) is 12.9. The van der Waals surface area contributed by atoms with Gasteiger partial charge in [-0.25, -0.2) is 0 Å². The van der Waals surface area contributed by atoms with Crippen molar-refractivity contribution in [1.82, 2.24) is 9.78 Å². The van der Waals surface area contributed by atoms with E-state index in [-0.39, 0.29) is 28.4 Å². The molecule has 27 heavy (non-hydrogen) atoms. The SMILES string of the molecule is Cc1nn(C(C)C)c(C)c1NC(=O)c1cc2c(=O)c3ccccc3oc2o1. The molecule has 0 radical (unpaired) electrons. The second-order valence-electron chi connectivity index (χ2n) is 6.78. The number of hydrogen-bond acceptors (Lipinski definition) is 5. The quantitative estimate of drug-likeness (QED) is 0.588. The third-order valence-corrected chi connectivity index (χ3v) is 4.55. The molecule has 0 aliphatic rings. The van der Waals surface area contributed by atoms with Crippen LogP contribution in [0, 0.1) is 13.8 Å². The molecule has 7 heteroatoms. The van der Waals surface area contributed by atoms with Crippen LogP contribution in [0.2, 0.25) is 0 Å². The van der Waals surface area contributed by atoms with Gasteiger partial charge in [0.15, 0.2) is 5.76 Å². The van der Waals surface area contributed by atoms with Gasteiger partial charge in [-0.2, -0.15) is 5.10 Å². The second-order valence-corrected chi connectivity index (χ2v) is 6.78. The lowest BCUT2D eigenvalue weighted by Crippen LogP contribution is -2.12. The van der Waals surface area contributed by atoms with E-state index in [1.165, 1.54) is 6.07 Å². The van der Waals surface area contributed by atoms with Gasteiger partial charge in [0, 0.05) is 12.1 Å². The van der Waals surface area contributed by atoms with Gasteiger partial charge in [-0.05, 0) is 39.8 Å². The number of carbonyl (C=O) groups excluding carboxylic acids is 1. The smallest absolute Gasteiger partial charge is 0.302 e. The van der Waals surface area contributed by atoms with E-state index in [0.29, 0.717) is 22.4 Å². The molecule has 7 nitrogen and oxygen atoms in total. The summed E-state index contributed by atoms with van der Waals surface area (Å²) in [6.45, 7) is 7.77. The monoisotopic (exact) mass is 365 g/mol. The van der Waals surface area contributed by atoms with E-state index in [1.807, 2.05) is 32.4 Å². The first-order valence-electron chi connectivity index (χ1n) is 8.69. The lowest BCUT2D eigenvalue weighted by Gasteiger charge is -2.08. The zero-order chi connectivity index (χ0) is 19.3. The summed E-state index contributed by atoms with van der Waals surface area (Å²) < 4.78 is 13.0. The lowest BCUT2D eigenvalue weighted by molar-refractivity contribution is 0.0996. The summed E-state index contributed by atoms with van der Waals surface area (Å²) in [6.07, 6.45) is 0. The van der Waals surface area contributed by atoms with Crippen molar-refractivity contribution in [3.63, 3.8) is 0 Å². The molecule has 4 aromatic rings. The van der Waals surface area contributed by atoms with E-state index in [0.717, 1.165) is 5.69 Å². The van der Waals surface area contributed by atoms with Gasteiger partial charge >= 0.3 is 5.78 Å². The fourth-order valence-corrected chi connectivity index (χ4v) is 3.23. The van der Waals surface area contributed by atoms with Gasteiger partial charge in [0.2, 0.25) is 5.43 Å². The Labute approximate surface area is 154 Å². The fourth-order valence-electron chi connectivity index (χ4n) is 3.23. The Balaban J connectivity index is 1.75. The predicted octanol–water partition coefficient (Wildman–Crippen LogP) is 4.19. The molecule has 0 saturated carbocycles. The van der Waals surface area contributed by atoms with Gasteiger partial charge in [-0.1, -0.05) is 12.1 Å². The number of hydrogen-bond donors (Lipinski definition) is 1. The summed E-state index contributed by atoms with van der Waals surface area (Å²) >= 11 is 0. The highest BCUT2D eigenvalue weighted by Crippen LogP contribution is 2.25. The van der Waals surface area contributed by atoms with E-state index in [2.05, 4.69) is 10.4 Å². The molecule has 0 atom stereocenters. The Morgan fingerprint density at radius 2 is 1.89 bits per heavy atom. The van der Waals surface area contributed by atoms with Crippen LogP contribution in [0.1, 0.15) is 41.8 Å². The first-order valence-corrected chi connectivity index (χ1v) is 8.69.